The highest BCUT2D eigenvalue weighted by atomic mass is 32.2. The Morgan fingerprint density at radius 2 is 1.76 bits per heavy atom. The summed E-state index contributed by atoms with van der Waals surface area (Å²) in [7, 11) is -1.73. The summed E-state index contributed by atoms with van der Waals surface area (Å²) in [5.74, 6) is -1.55. The van der Waals surface area contributed by atoms with E-state index in [0.717, 1.165) is 0 Å². The summed E-state index contributed by atoms with van der Waals surface area (Å²) < 4.78 is 10.3. The molecule has 0 saturated carbocycles. The number of carbonyl (C=O) groups excluding carboxylic acids is 1. The maximum Gasteiger partial charge on any atom is 0.321 e. The predicted octanol–water partition coefficient (Wildman–Crippen LogP) is 0.759. The van der Waals surface area contributed by atoms with Crippen molar-refractivity contribution in [1.82, 2.24) is 5.32 Å². The van der Waals surface area contributed by atoms with Crippen molar-refractivity contribution in [3.63, 3.8) is 0 Å². The van der Waals surface area contributed by atoms with Crippen LogP contribution in [0.4, 0.5) is 0 Å². The van der Waals surface area contributed by atoms with Gasteiger partial charge in [-0.05, 0) is 26.7 Å². The maximum atomic E-state index is 11.7. The number of carbonyl (C=O) groups is 2. The first-order chi connectivity index (χ1) is 7.59. The summed E-state index contributed by atoms with van der Waals surface area (Å²) in [5.41, 5.74) is 0. The Bertz CT molecular complexity index is 325. The standard InChI is InChI=1S/C11H21NO4S/c1-7(2)8(3)12-9(13)6-17(16)11(4,5)10(14)15/h7-8H,6H2,1-5H3,(H,12,13)(H,14,15). The van der Waals surface area contributed by atoms with Crippen LogP contribution in [-0.2, 0) is 20.4 Å². The molecule has 0 aromatic carbocycles. The van der Waals surface area contributed by atoms with Crippen LogP contribution >= 0.6 is 0 Å². The van der Waals surface area contributed by atoms with Crippen LogP contribution in [0.1, 0.15) is 34.6 Å². The lowest BCUT2D eigenvalue weighted by Crippen LogP contribution is -2.44. The van der Waals surface area contributed by atoms with E-state index in [1.807, 2.05) is 20.8 Å². The SMILES string of the molecule is CC(C)C(C)NC(=O)CS(=O)C(C)(C)C(=O)O. The maximum absolute atomic E-state index is 11.7. The fraction of sp³-hybridized carbons (Fsp3) is 0.818. The molecule has 0 spiro atoms. The zero-order valence-corrected chi connectivity index (χ0v) is 11.8. The summed E-state index contributed by atoms with van der Waals surface area (Å²) in [6.07, 6.45) is 0. The highest BCUT2D eigenvalue weighted by Crippen LogP contribution is 2.13. The fourth-order valence-corrected chi connectivity index (χ4v) is 1.74. The molecule has 2 atom stereocenters. The lowest BCUT2D eigenvalue weighted by molar-refractivity contribution is -0.139. The third-order valence-corrected chi connectivity index (χ3v) is 4.57. The minimum atomic E-state index is -1.73. The third kappa shape index (κ3) is 4.85. The number of amides is 1. The van der Waals surface area contributed by atoms with Gasteiger partial charge in [0.25, 0.3) is 0 Å². The molecular formula is C11H21NO4S. The average Bonchev–Trinajstić information content (AvgIpc) is 2.16. The van der Waals surface area contributed by atoms with Crippen molar-refractivity contribution in [1.29, 1.82) is 0 Å². The summed E-state index contributed by atoms with van der Waals surface area (Å²) in [4.78, 5) is 22.4. The average molecular weight is 263 g/mol. The van der Waals surface area contributed by atoms with E-state index in [-0.39, 0.29) is 23.6 Å². The first kappa shape index (κ1) is 16.1. The monoisotopic (exact) mass is 263 g/mol. The predicted molar refractivity (Wildman–Crippen MR) is 67.2 cm³/mol. The second kappa shape index (κ2) is 6.14. The topological polar surface area (TPSA) is 83.5 Å². The van der Waals surface area contributed by atoms with Gasteiger partial charge in [0.05, 0.1) is 0 Å². The van der Waals surface area contributed by atoms with Crippen LogP contribution in [0.3, 0.4) is 0 Å². The van der Waals surface area contributed by atoms with Crippen molar-refractivity contribution < 1.29 is 18.9 Å². The molecule has 0 aliphatic carbocycles. The molecular weight excluding hydrogens is 242 g/mol. The number of nitrogens with one attached hydrogen (secondary N) is 1. The Morgan fingerprint density at radius 1 is 1.29 bits per heavy atom. The van der Waals surface area contributed by atoms with Gasteiger partial charge in [0, 0.05) is 16.8 Å². The van der Waals surface area contributed by atoms with E-state index in [2.05, 4.69) is 5.32 Å². The van der Waals surface area contributed by atoms with Gasteiger partial charge in [-0.3, -0.25) is 13.8 Å². The Labute approximate surface area is 104 Å². The normalized spacial score (nSPS) is 15.4. The first-order valence-corrected chi connectivity index (χ1v) is 6.82. The van der Waals surface area contributed by atoms with E-state index in [1.54, 1.807) is 0 Å². The van der Waals surface area contributed by atoms with Crippen LogP contribution in [0, 0.1) is 5.92 Å². The van der Waals surface area contributed by atoms with Gasteiger partial charge in [-0.15, -0.1) is 0 Å². The van der Waals surface area contributed by atoms with E-state index in [9.17, 15) is 13.8 Å². The molecule has 0 aliphatic heterocycles. The molecule has 5 nitrogen and oxygen atoms in total. The molecule has 0 aromatic heterocycles. The highest BCUT2D eigenvalue weighted by Gasteiger charge is 2.35. The van der Waals surface area contributed by atoms with Crippen molar-refractivity contribution >= 4 is 22.7 Å². The van der Waals surface area contributed by atoms with Crippen molar-refractivity contribution in [3.8, 4) is 0 Å². The van der Waals surface area contributed by atoms with E-state index in [4.69, 9.17) is 5.11 Å². The Morgan fingerprint density at radius 3 is 2.12 bits per heavy atom. The molecule has 100 valence electrons. The zero-order chi connectivity index (χ0) is 13.8. The zero-order valence-electron chi connectivity index (χ0n) is 10.9. The van der Waals surface area contributed by atoms with Crippen LogP contribution < -0.4 is 5.32 Å². The van der Waals surface area contributed by atoms with E-state index < -0.39 is 21.5 Å². The smallest absolute Gasteiger partial charge is 0.321 e. The minimum absolute atomic E-state index is 0.0209. The number of rotatable bonds is 6. The van der Waals surface area contributed by atoms with Gasteiger partial charge < -0.3 is 10.4 Å². The lowest BCUT2D eigenvalue weighted by Gasteiger charge is -2.20. The van der Waals surface area contributed by atoms with Crippen molar-refractivity contribution in [2.24, 2.45) is 5.92 Å². The number of hydrogen-bond acceptors (Lipinski definition) is 3. The molecule has 17 heavy (non-hydrogen) atoms. The molecule has 6 heteroatoms. The Kier molecular flexibility index (Phi) is 5.81. The highest BCUT2D eigenvalue weighted by molar-refractivity contribution is 7.87. The fourth-order valence-electron chi connectivity index (χ4n) is 0.859. The second-order valence-corrected chi connectivity index (χ2v) is 6.91. The molecule has 2 N–H and O–H groups in total. The summed E-state index contributed by atoms with van der Waals surface area (Å²) in [5, 5.41) is 11.6. The summed E-state index contributed by atoms with van der Waals surface area (Å²) in [6, 6.07) is -0.0209. The first-order valence-electron chi connectivity index (χ1n) is 5.50. The van der Waals surface area contributed by atoms with Gasteiger partial charge in [-0.2, -0.15) is 0 Å². The minimum Gasteiger partial charge on any atom is -0.480 e. The van der Waals surface area contributed by atoms with Crippen LogP contribution in [-0.4, -0.2) is 37.7 Å². The number of carboxylic acid groups (broad SMARTS) is 1. The van der Waals surface area contributed by atoms with Crippen LogP contribution in [0.25, 0.3) is 0 Å². The molecule has 0 aromatic rings. The van der Waals surface area contributed by atoms with Crippen LogP contribution in [0.2, 0.25) is 0 Å². The van der Waals surface area contributed by atoms with Gasteiger partial charge in [-0.1, -0.05) is 13.8 Å². The third-order valence-electron chi connectivity index (χ3n) is 2.74. The molecule has 0 bridgehead atoms. The van der Waals surface area contributed by atoms with Gasteiger partial charge >= 0.3 is 5.97 Å². The lowest BCUT2D eigenvalue weighted by atomic mass is 10.1. The largest absolute Gasteiger partial charge is 0.480 e. The van der Waals surface area contributed by atoms with Crippen molar-refractivity contribution in [2.45, 2.75) is 45.4 Å². The molecule has 0 rings (SSSR count). The Balaban J connectivity index is 4.41. The van der Waals surface area contributed by atoms with Crippen molar-refractivity contribution in [3.05, 3.63) is 0 Å². The van der Waals surface area contributed by atoms with E-state index in [1.165, 1.54) is 13.8 Å². The molecule has 0 radical (unpaired) electrons. The second-order valence-electron chi connectivity index (χ2n) is 4.91. The molecule has 0 heterocycles. The van der Waals surface area contributed by atoms with Crippen LogP contribution in [0.15, 0.2) is 0 Å². The van der Waals surface area contributed by atoms with Crippen molar-refractivity contribution in [2.75, 3.05) is 5.75 Å². The van der Waals surface area contributed by atoms with E-state index >= 15 is 0 Å². The van der Waals surface area contributed by atoms with E-state index in [0.29, 0.717) is 0 Å². The van der Waals surface area contributed by atoms with Gasteiger partial charge in [-0.25, -0.2) is 0 Å². The quantitative estimate of drug-likeness (QED) is 0.741. The number of aliphatic carboxylic acids is 1. The molecule has 0 fully saturated rings. The number of hydrogen-bond donors (Lipinski definition) is 2. The molecule has 0 saturated heterocycles. The van der Waals surface area contributed by atoms with Gasteiger partial charge in [0.1, 0.15) is 10.5 Å². The summed E-state index contributed by atoms with van der Waals surface area (Å²) >= 11 is 0. The van der Waals surface area contributed by atoms with Gasteiger partial charge in [0.2, 0.25) is 5.91 Å². The number of carboxylic acids is 1. The molecule has 2 unspecified atom stereocenters. The van der Waals surface area contributed by atoms with Crippen LogP contribution in [0.5, 0.6) is 0 Å². The molecule has 1 amide bonds. The van der Waals surface area contributed by atoms with Gasteiger partial charge in [0.15, 0.2) is 0 Å². The summed E-state index contributed by atoms with van der Waals surface area (Å²) in [6.45, 7) is 8.48. The molecule has 0 aliphatic rings. The Hall–Kier alpha value is -0.910.